The Morgan fingerprint density at radius 3 is 2.94 bits per heavy atom. The van der Waals surface area contributed by atoms with Gasteiger partial charge in [0, 0.05) is 13.1 Å². The van der Waals surface area contributed by atoms with Gasteiger partial charge in [-0.15, -0.1) is 0 Å². The van der Waals surface area contributed by atoms with Gasteiger partial charge < -0.3 is 15.3 Å². The predicted molar refractivity (Wildman–Crippen MR) is 60.7 cm³/mol. The Morgan fingerprint density at radius 2 is 2.31 bits per heavy atom. The Bertz CT molecular complexity index is 356. The summed E-state index contributed by atoms with van der Waals surface area (Å²) in [6.45, 7) is 4.63. The number of aromatic nitrogens is 2. The number of rotatable bonds is 6. The van der Waals surface area contributed by atoms with Crippen molar-refractivity contribution in [2.75, 3.05) is 32.0 Å². The molecule has 1 rings (SSSR count). The van der Waals surface area contributed by atoms with Crippen molar-refractivity contribution in [3.8, 4) is 0 Å². The molecule has 0 aliphatic carbocycles. The number of nitrogens with zero attached hydrogens (tertiary/aromatic N) is 3. The molecule has 2 N–H and O–H groups in total. The molecule has 0 aliphatic heterocycles. The first kappa shape index (κ1) is 12.4. The lowest BCUT2D eigenvalue weighted by Gasteiger charge is -2.14. The number of carbonyl (C=O) groups is 1. The number of hydrogen-bond acceptors (Lipinski definition) is 5. The fraction of sp³-hybridized carbons (Fsp3) is 0.500. The number of hydrogen-bond donors (Lipinski definition) is 2. The minimum atomic E-state index is -1.07. The van der Waals surface area contributed by atoms with Crippen LogP contribution in [-0.4, -0.2) is 52.6 Å². The van der Waals surface area contributed by atoms with Crippen LogP contribution in [0.4, 0.5) is 5.82 Å². The number of anilines is 1. The zero-order chi connectivity index (χ0) is 12.0. The number of carboxylic acid groups (broad SMARTS) is 1. The molecule has 0 aromatic carbocycles. The summed E-state index contributed by atoms with van der Waals surface area (Å²) in [6.07, 6.45) is 2.74. The number of likely N-dealkylation sites (N-methyl/N-ethyl adjacent to an activating group) is 1. The van der Waals surface area contributed by atoms with Crippen LogP contribution in [0.25, 0.3) is 0 Å². The van der Waals surface area contributed by atoms with E-state index in [0.717, 1.165) is 13.1 Å². The maximum atomic E-state index is 10.6. The van der Waals surface area contributed by atoms with E-state index in [1.165, 1.54) is 12.4 Å². The van der Waals surface area contributed by atoms with Crippen molar-refractivity contribution < 1.29 is 9.90 Å². The monoisotopic (exact) mass is 224 g/mol. The number of aromatic carboxylic acids is 1. The molecule has 0 unspecified atom stereocenters. The normalized spacial score (nSPS) is 10.4. The Morgan fingerprint density at radius 1 is 1.56 bits per heavy atom. The summed E-state index contributed by atoms with van der Waals surface area (Å²) >= 11 is 0. The summed E-state index contributed by atoms with van der Waals surface area (Å²) in [5.41, 5.74) is -0.0474. The maximum absolute atomic E-state index is 10.6. The molecule has 0 amide bonds. The van der Waals surface area contributed by atoms with Crippen molar-refractivity contribution in [3.05, 3.63) is 18.1 Å². The van der Waals surface area contributed by atoms with E-state index in [4.69, 9.17) is 5.11 Å². The Kier molecular flexibility index (Phi) is 4.65. The third-order valence-electron chi connectivity index (χ3n) is 2.19. The topological polar surface area (TPSA) is 78.4 Å². The van der Waals surface area contributed by atoms with Gasteiger partial charge in [0.1, 0.15) is 5.82 Å². The van der Waals surface area contributed by atoms with Gasteiger partial charge in [0.25, 0.3) is 0 Å². The molecule has 1 heterocycles. The molecule has 6 heteroatoms. The van der Waals surface area contributed by atoms with E-state index >= 15 is 0 Å². The molecule has 88 valence electrons. The van der Waals surface area contributed by atoms with Crippen LogP contribution >= 0.6 is 0 Å². The highest BCUT2D eigenvalue weighted by Gasteiger charge is 2.05. The SMILES string of the molecule is CCN(C)CCNc1cncc(C(=O)O)n1. The molecule has 0 spiro atoms. The third kappa shape index (κ3) is 3.82. The first-order valence-electron chi connectivity index (χ1n) is 5.11. The molecule has 0 saturated heterocycles. The fourth-order valence-corrected chi connectivity index (χ4v) is 1.09. The van der Waals surface area contributed by atoms with E-state index in [0.29, 0.717) is 12.4 Å². The zero-order valence-electron chi connectivity index (χ0n) is 9.47. The lowest BCUT2D eigenvalue weighted by molar-refractivity contribution is 0.0690. The van der Waals surface area contributed by atoms with E-state index in [1.807, 2.05) is 7.05 Å². The summed E-state index contributed by atoms with van der Waals surface area (Å²) in [7, 11) is 2.01. The predicted octanol–water partition coefficient (Wildman–Crippen LogP) is 0.538. The smallest absolute Gasteiger partial charge is 0.356 e. The molecule has 1 aromatic rings. The largest absolute Gasteiger partial charge is 0.476 e. The minimum Gasteiger partial charge on any atom is -0.476 e. The van der Waals surface area contributed by atoms with Gasteiger partial charge in [-0.25, -0.2) is 9.78 Å². The molecule has 16 heavy (non-hydrogen) atoms. The van der Waals surface area contributed by atoms with Crippen LogP contribution in [0, 0.1) is 0 Å². The average Bonchev–Trinajstić information content (AvgIpc) is 2.29. The van der Waals surface area contributed by atoms with Gasteiger partial charge in [-0.1, -0.05) is 6.92 Å². The zero-order valence-corrected chi connectivity index (χ0v) is 9.47. The van der Waals surface area contributed by atoms with Crippen molar-refractivity contribution in [3.63, 3.8) is 0 Å². The summed E-state index contributed by atoms with van der Waals surface area (Å²) in [5.74, 6) is -0.578. The third-order valence-corrected chi connectivity index (χ3v) is 2.19. The summed E-state index contributed by atoms with van der Waals surface area (Å²) in [6, 6.07) is 0. The highest BCUT2D eigenvalue weighted by atomic mass is 16.4. The quantitative estimate of drug-likeness (QED) is 0.734. The molecule has 0 atom stereocenters. The summed E-state index contributed by atoms with van der Waals surface area (Å²) in [4.78, 5) is 20.5. The van der Waals surface area contributed by atoms with E-state index in [9.17, 15) is 4.79 Å². The average molecular weight is 224 g/mol. The molecular weight excluding hydrogens is 208 g/mol. The van der Waals surface area contributed by atoms with Gasteiger partial charge in [-0.2, -0.15) is 0 Å². The molecule has 0 fully saturated rings. The first-order valence-corrected chi connectivity index (χ1v) is 5.11. The lowest BCUT2D eigenvalue weighted by Crippen LogP contribution is -2.25. The highest BCUT2D eigenvalue weighted by Crippen LogP contribution is 2.01. The van der Waals surface area contributed by atoms with Gasteiger partial charge >= 0.3 is 5.97 Å². The van der Waals surface area contributed by atoms with Crippen LogP contribution in [0.1, 0.15) is 17.4 Å². The van der Waals surface area contributed by atoms with Crippen molar-refractivity contribution >= 4 is 11.8 Å². The van der Waals surface area contributed by atoms with Crippen LogP contribution in [-0.2, 0) is 0 Å². The van der Waals surface area contributed by atoms with Crippen molar-refractivity contribution in [2.45, 2.75) is 6.92 Å². The van der Waals surface area contributed by atoms with E-state index in [-0.39, 0.29) is 5.69 Å². The summed E-state index contributed by atoms with van der Waals surface area (Å²) < 4.78 is 0. The first-order chi connectivity index (χ1) is 7.63. The van der Waals surface area contributed by atoms with Crippen LogP contribution in [0.3, 0.4) is 0 Å². The minimum absolute atomic E-state index is 0.0474. The second-order valence-electron chi connectivity index (χ2n) is 3.42. The molecule has 0 aliphatic rings. The van der Waals surface area contributed by atoms with Crippen LogP contribution in [0.5, 0.6) is 0 Å². The van der Waals surface area contributed by atoms with Crippen molar-refractivity contribution in [2.24, 2.45) is 0 Å². The van der Waals surface area contributed by atoms with E-state index in [1.54, 1.807) is 0 Å². The molecular formula is C10H16N4O2. The van der Waals surface area contributed by atoms with Gasteiger partial charge in [0.15, 0.2) is 5.69 Å². The standard InChI is InChI=1S/C10H16N4O2/c1-3-14(2)5-4-12-9-7-11-6-8(13-9)10(15)16/h6-7H,3-5H2,1-2H3,(H,12,13)(H,15,16). The summed E-state index contributed by atoms with van der Waals surface area (Å²) in [5, 5.41) is 11.7. The highest BCUT2D eigenvalue weighted by molar-refractivity contribution is 5.85. The molecule has 0 saturated carbocycles. The van der Waals surface area contributed by atoms with Gasteiger partial charge in [-0.3, -0.25) is 4.98 Å². The molecule has 6 nitrogen and oxygen atoms in total. The van der Waals surface area contributed by atoms with Gasteiger partial charge in [0.05, 0.1) is 12.4 Å². The fourth-order valence-electron chi connectivity index (χ4n) is 1.09. The number of carboxylic acids is 1. The van der Waals surface area contributed by atoms with Crippen LogP contribution in [0.2, 0.25) is 0 Å². The molecule has 1 aromatic heterocycles. The second-order valence-corrected chi connectivity index (χ2v) is 3.42. The second kappa shape index (κ2) is 6.02. The Hall–Kier alpha value is -1.69. The van der Waals surface area contributed by atoms with Gasteiger partial charge in [0.2, 0.25) is 0 Å². The maximum Gasteiger partial charge on any atom is 0.356 e. The number of nitrogens with one attached hydrogen (secondary N) is 1. The van der Waals surface area contributed by atoms with E-state index < -0.39 is 5.97 Å². The van der Waals surface area contributed by atoms with Crippen LogP contribution in [0.15, 0.2) is 12.4 Å². The molecule has 0 radical (unpaired) electrons. The van der Waals surface area contributed by atoms with E-state index in [2.05, 4.69) is 27.1 Å². The van der Waals surface area contributed by atoms with Crippen molar-refractivity contribution in [1.82, 2.24) is 14.9 Å². The Balaban J connectivity index is 2.48. The van der Waals surface area contributed by atoms with Crippen molar-refractivity contribution in [1.29, 1.82) is 0 Å². The van der Waals surface area contributed by atoms with Gasteiger partial charge in [-0.05, 0) is 13.6 Å². The molecule has 0 bridgehead atoms. The lowest BCUT2D eigenvalue weighted by atomic mass is 10.4. The Labute approximate surface area is 94.3 Å². The van der Waals surface area contributed by atoms with Crippen LogP contribution < -0.4 is 5.32 Å².